The predicted molar refractivity (Wildman–Crippen MR) is 62.2 cm³/mol. The minimum absolute atomic E-state index is 0.797. The Bertz CT molecular complexity index is 147. The third kappa shape index (κ3) is 6.13. The van der Waals surface area contributed by atoms with Gasteiger partial charge in [-0.2, -0.15) is 0 Å². The molecule has 0 saturated carbocycles. The summed E-state index contributed by atoms with van der Waals surface area (Å²) >= 11 is 0. The molecule has 1 atom stereocenters. The summed E-state index contributed by atoms with van der Waals surface area (Å²) in [7, 11) is 1.78. The average molecular weight is 215 g/mol. The van der Waals surface area contributed by atoms with Gasteiger partial charge in [0.1, 0.15) is 0 Å². The van der Waals surface area contributed by atoms with Gasteiger partial charge in [-0.1, -0.05) is 6.92 Å². The predicted octanol–water partition coefficient (Wildman–Crippen LogP) is 1.77. The molecule has 0 amide bonds. The Morgan fingerprint density at radius 1 is 1.27 bits per heavy atom. The second-order valence-electron chi connectivity index (χ2n) is 4.48. The summed E-state index contributed by atoms with van der Waals surface area (Å²) in [4.78, 5) is 2.51. The Hall–Kier alpha value is -0.120. The van der Waals surface area contributed by atoms with Gasteiger partial charge in [0, 0.05) is 26.8 Å². The van der Waals surface area contributed by atoms with Gasteiger partial charge in [-0.15, -0.1) is 0 Å². The van der Waals surface area contributed by atoms with Crippen molar-refractivity contribution in [3.63, 3.8) is 0 Å². The van der Waals surface area contributed by atoms with Crippen LogP contribution in [-0.2, 0) is 9.47 Å². The van der Waals surface area contributed by atoms with Crippen LogP contribution in [0, 0.1) is 5.92 Å². The molecule has 1 aliphatic heterocycles. The standard InChI is InChI=1S/C12H25NO2/c1-12(5-9-14-2)4-3-6-13-7-10-15-11-8-13/h12H,3-11H2,1-2H3/t12-/m0/s1. The van der Waals surface area contributed by atoms with E-state index in [4.69, 9.17) is 9.47 Å². The second-order valence-corrected chi connectivity index (χ2v) is 4.48. The van der Waals surface area contributed by atoms with Crippen LogP contribution in [0.5, 0.6) is 0 Å². The fourth-order valence-electron chi connectivity index (χ4n) is 1.95. The smallest absolute Gasteiger partial charge is 0.0594 e. The van der Waals surface area contributed by atoms with Crippen molar-refractivity contribution < 1.29 is 9.47 Å². The number of hydrogen-bond acceptors (Lipinski definition) is 3. The van der Waals surface area contributed by atoms with Gasteiger partial charge in [0.25, 0.3) is 0 Å². The Labute approximate surface area is 93.7 Å². The van der Waals surface area contributed by atoms with E-state index in [0.717, 1.165) is 38.8 Å². The zero-order valence-corrected chi connectivity index (χ0v) is 10.2. The van der Waals surface area contributed by atoms with E-state index in [1.165, 1.54) is 25.8 Å². The van der Waals surface area contributed by atoms with E-state index >= 15 is 0 Å². The van der Waals surface area contributed by atoms with Crippen LogP contribution in [0.1, 0.15) is 26.2 Å². The largest absolute Gasteiger partial charge is 0.385 e. The second kappa shape index (κ2) is 8.08. The molecule has 1 rings (SSSR count). The Morgan fingerprint density at radius 3 is 2.67 bits per heavy atom. The normalized spacial score (nSPS) is 20.4. The van der Waals surface area contributed by atoms with E-state index in [1.54, 1.807) is 7.11 Å². The van der Waals surface area contributed by atoms with Crippen molar-refractivity contribution in [3.8, 4) is 0 Å². The van der Waals surface area contributed by atoms with Gasteiger partial charge in [0.15, 0.2) is 0 Å². The molecule has 3 heteroatoms. The van der Waals surface area contributed by atoms with Crippen molar-refractivity contribution in [2.75, 3.05) is 46.6 Å². The first-order valence-corrected chi connectivity index (χ1v) is 6.12. The maximum atomic E-state index is 5.32. The monoisotopic (exact) mass is 215 g/mol. The lowest BCUT2D eigenvalue weighted by Crippen LogP contribution is -2.36. The molecule has 90 valence electrons. The molecular formula is C12H25NO2. The van der Waals surface area contributed by atoms with Crippen LogP contribution in [0.15, 0.2) is 0 Å². The van der Waals surface area contributed by atoms with Crippen LogP contribution >= 0.6 is 0 Å². The molecule has 0 aromatic heterocycles. The zero-order chi connectivity index (χ0) is 10.9. The molecule has 0 aliphatic carbocycles. The number of nitrogens with zero attached hydrogens (tertiary/aromatic N) is 1. The Kier molecular flexibility index (Phi) is 6.98. The first-order chi connectivity index (χ1) is 7.33. The molecule has 1 fully saturated rings. The van der Waals surface area contributed by atoms with Crippen molar-refractivity contribution >= 4 is 0 Å². The lowest BCUT2D eigenvalue weighted by Gasteiger charge is -2.26. The summed E-state index contributed by atoms with van der Waals surface area (Å²) in [6.07, 6.45) is 3.82. The molecule has 0 spiro atoms. The molecule has 1 saturated heterocycles. The highest BCUT2D eigenvalue weighted by Crippen LogP contribution is 2.11. The molecule has 0 unspecified atom stereocenters. The fourth-order valence-corrected chi connectivity index (χ4v) is 1.95. The number of rotatable bonds is 7. The van der Waals surface area contributed by atoms with E-state index in [0.29, 0.717) is 0 Å². The van der Waals surface area contributed by atoms with Gasteiger partial charge < -0.3 is 9.47 Å². The third-order valence-corrected chi connectivity index (χ3v) is 3.09. The first kappa shape index (κ1) is 12.9. The van der Waals surface area contributed by atoms with Crippen molar-refractivity contribution in [2.45, 2.75) is 26.2 Å². The Balaban J connectivity index is 1.94. The summed E-state index contributed by atoms with van der Waals surface area (Å²) < 4.78 is 10.4. The highest BCUT2D eigenvalue weighted by molar-refractivity contribution is 4.63. The minimum Gasteiger partial charge on any atom is -0.385 e. The van der Waals surface area contributed by atoms with E-state index < -0.39 is 0 Å². The molecule has 0 aromatic carbocycles. The highest BCUT2D eigenvalue weighted by atomic mass is 16.5. The molecule has 0 N–H and O–H groups in total. The van der Waals surface area contributed by atoms with Crippen molar-refractivity contribution in [1.82, 2.24) is 4.90 Å². The summed E-state index contributed by atoms with van der Waals surface area (Å²) in [5, 5.41) is 0. The lowest BCUT2D eigenvalue weighted by atomic mass is 10.0. The quantitative estimate of drug-likeness (QED) is 0.646. The molecule has 0 radical (unpaired) electrons. The van der Waals surface area contributed by atoms with Crippen molar-refractivity contribution in [3.05, 3.63) is 0 Å². The summed E-state index contributed by atoms with van der Waals surface area (Å²) in [5.74, 6) is 0.797. The molecule has 3 nitrogen and oxygen atoms in total. The zero-order valence-electron chi connectivity index (χ0n) is 10.2. The van der Waals surface area contributed by atoms with Crippen LogP contribution < -0.4 is 0 Å². The first-order valence-electron chi connectivity index (χ1n) is 6.12. The summed E-state index contributed by atoms with van der Waals surface area (Å²) in [6.45, 7) is 8.52. The van der Waals surface area contributed by atoms with Gasteiger partial charge in [-0.05, 0) is 31.7 Å². The van der Waals surface area contributed by atoms with Crippen LogP contribution in [0.25, 0.3) is 0 Å². The topological polar surface area (TPSA) is 21.7 Å². The Morgan fingerprint density at radius 2 is 2.00 bits per heavy atom. The highest BCUT2D eigenvalue weighted by Gasteiger charge is 2.10. The summed E-state index contributed by atoms with van der Waals surface area (Å²) in [6, 6.07) is 0. The molecule has 0 aromatic rings. The number of morpholine rings is 1. The molecule has 1 aliphatic rings. The maximum Gasteiger partial charge on any atom is 0.0594 e. The van der Waals surface area contributed by atoms with E-state index in [2.05, 4.69) is 11.8 Å². The SMILES string of the molecule is COCC[C@@H](C)CCCN1CCOCC1. The van der Waals surface area contributed by atoms with Gasteiger partial charge in [0.2, 0.25) is 0 Å². The van der Waals surface area contributed by atoms with Crippen LogP contribution in [0.3, 0.4) is 0 Å². The molecule has 15 heavy (non-hydrogen) atoms. The van der Waals surface area contributed by atoms with Gasteiger partial charge in [0.05, 0.1) is 13.2 Å². The number of hydrogen-bond donors (Lipinski definition) is 0. The third-order valence-electron chi connectivity index (χ3n) is 3.09. The van der Waals surface area contributed by atoms with Crippen molar-refractivity contribution in [2.24, 2.45) is 5.92 Å². The summed E-state index contributed by atoms with van der Waals surface area (Å²) in [5.41, 5.74) is 0. The number of ether oxygens (including phenoxy) is 2. The lowest BCUT2D eigenvalue weighted by molar-refractivity contribution is 0.0366. The maximum absolute atomic E-state index is 5.32. The average Bonchev–Trinajstić information content (AvgIpc) is 2.28. The van der Waals surface area contributed by atoms with Crippen LogP contribution in [-0.4, -0.2) is 51.5 Å². The number of methoxy groups -OCH3 is 1. The van der Waals surface area contributed by atoms with Gasteiger partial charge in [-0.3, -0.25) is 4.90 Å². The van der Waals surface area contributed by atoms with E-state index in [1.807, 2.05) is 0 Å². The van der Waals surface area contributed by atoms with Gasteiger partial charge in [-0.25, -0.2) is 0 Å². The van der Waals surface area contributed by atoms with E-state index in [-0.39, 0.29) is 0 Å². The fraction of sp³-hybridized carbons (Fsp3) is 1.00. The minimum atomic E-state index is 0.797. The molecule has 0 bridgehead atoms. The van der Waals surface area contributed by atoms with Gasteiger partial charge >= 0.3 is 0 Å². The molecule has 1 heterocycles. The van der Waals surface area contributed by atoms with Crippen molar-refractivity contribution in [1.29, 1.82) is 0 Å². The van der Waals surface area contributed by atoms with Crippen LogP contribution in [0.4, 0.5) is 0 Å². The van der Waals surface area contributed by atoms with Crippen LogP contribution in [0.2, 0.25) is 0 Å². The molecular weight excluding hydrogens is 190 g/mol. The van der Waals surface area contributed by atoms with E-state index in [9.17, 15) is 0 Å².